The van der Waals surface area contributed by atoms with E-state index < -0.39 is 0 Å². The van der Waals surface area contributed by atoms with Crippen molar-refractivity contribution in [3.8, 4) is 0 Å². The van der Waals surface area contributed by atoms with Crippen molar-refractivity contribution in [1.29, 1.82) is 0 Å². The number of benzene rings is 1. The molecule has 1 aliphatic heterocycles. The Kier molecular flexibility index (Phi) is 5.26. The fraction of sp³-hybridized carbons (Fsp3) is 0.667. The van der Waals surface area contributed by atoms with Crippen LogP contribution in [0.1, 0.15) is 44.1 Å². The van der Waals surface area contributed by atoms with Crippen molar-refractivity contribution in [3.63, 3.8) is 0 Å². The molecule has 1 atom stereocenters. The summed E-state index contributed by atoms with van der Waals surface area (Å²) in [6.45, 7) is 4.06. The van der Waals surface area contributed by atoms with E-state index in [1.807, 2.05) is 12.1 Å². The van der Waals surface area contributed by atoms with E-state index in [9.17, 15) is 4.39 Å². The molecule has 1 aromatic carbocycles. The van der Waals surface area contributed by atoms with E-state index in [2.05, 4.69) is 10.2 Å². The van der Waals surface area contributed by atoms with Gasteiger partial charge in [-0.15, -0.1) is 0 Å². The molecule has 116 valence electrons. The lowest BCUT2D eigenvalue weighted by Gasteiger charge is -2.33. The van der Waals surface area contributed by atoms with Gasteiger partial charge in [0.05, 0.1) is 0 Å². The molecule has 0 aromatic heterocycles. The number of rotatable bonds is 5. The highest BCUT2D eigenvalue weighted by atomic mass is 19.1. The Bertz CT molecular complexity index is 437. The van der Waals surface area contributed by atoms with Gasteiger partial charge in [-0.1, -0.05) is 37.5 Å². The molecule has 2 nitrogen and oxygen atoms in total. The van der Waals surface area contributed by atoms with Crippen molar-refractivity contribution >= 4 is 0 Å². The van der Waals surface area contributed by atoms with Crippen LogP contribution in [0.3, 0.4) is 0 Å². The van der Waals surface area contributed by atoms with Crippen molar-refractivity contribution in [1.82, 2.24) is 10.2 Å². The Labute approximate surface area is 127 Å². The summed E-state index contributed by atoms with van der Waals surface area (Å²) >= 11 is 0. The molecule has 0 amide bonds. The highest BCUT2D eigenvalue weighted by Crippen LogP contribution is 2.26. The molecule has 21 heavy (non-hydrogen) atoms. The summed E-state index contributed by atoms with van der Waals surface area (Å²) in [4.78, 5) is 2.54. The average Bonchev–Trinajstić information content (AvgIpc) is 3.04. The third kappa shape index (κ3) is 4.04. The lowest BCUT2D eigenvalue weighted by atomic mass is 9.88. The minimum Gasteiger partial charge on any atom is -0.315 e. The Morgan fingerprint density at radius 3 is 2.62 bits per heavy atom. The molecule has 3 heteroatoms. The van der Waals surface area contributed by atoms with E-state index in [1.165, 1.54) is 38.5 Å². The van der Waals surface area contributed by atoms with E-state index in [-0.39, 0.29) is 5.82 Å². The minimum absolute atomic E-state index is 0.0582. The van der Waals surface area contributed by atoms with Gasteiger partial charge in [-0.25, -0.2) is 4.39 Å². The highest BCUT2D eigenvalue weighted by Gasteiger charge is 2.26. The molecule has 1 heterocycles. The summed E-state index contributed by atoms with van der Waals surface area (Å²) in [7, 11) is 0. The van der Waals surface area contributed by atoms with Crippen LogP contribution in [-0.2, 0) is 6.54 Å². The third-order valence-corrected chi connectivity index (χ3v) is 5.10. The molecule has 1 saturated carbocycles. The number of hydrogen-bond acceptors (Lipinski definition) is 2. The number of nitrogens with zero attached hydrogens (tertiary/aromatic N) is 1. The van der Waals surface area contributed by atoms with Crippen molar-refractivity contribution < 1.29 is 4.39 Å². The van der Waals surface area contributed by atoms with E-state index in [0.29, 0.717) is 6.04 Å². The molecule has 0 spiro atoms. The maximum Gasteiger partial charge on any atom is 0.127 e. The van der Waals surface area contributed by atoms with E-state index in [4.69, 9.17) is 0 Å². The maximum absolute atomic E-state index is 14.0. The van der Waals surface area contributed by atoms with Gasteiger partial charge in [0.25, 0.3) is 0 Å². The molecule has 2 aliphatic rings. The zero-order valence-corrected chi connectivity index (χ0v) is 12.9. The van der Waals surface area contributed by atoms with Crippen LogP contribution in [0.4, 0.5) is 4.39 Å². The number of halogens is 1. The lowest BCUT2D eigenvalue weighted by molar-refractivity contribution is 0.147. The van der Waals surface area contributed by atoms with Crippen LogP contribution in [-0.4, -0.2) is 30.6 Å². The molecule has 3 rings (SSSR count). The second-order valence-electron chi connectivity index (χ2n) is 6.67. The predicted molar refractivity (Wildman–Crippen MR) is 84.7 cm³/mol. The standard InChI is InChI=1S/C18H27FN2/c19-18-9-5-4-8-16(18)14-21(17-10-11-20-12-17)13-15-6-2-1-3-7-15/h4-5,8-9,15,17,20H,1-3,6-7,10-14H2. The van der Waals surface area contributed by atoms with Crippen LogP contribution in [0.2, 0.25) is 0 Å². The fourth-order valence-corrected chi connectivity index (χ4v) is 3.84. The van der Waals surface area contributed by atoms with Crippen molar-refractivity contribution in [2.45, 2.75) is 51.1 Å². The second-order valence-corrected chi connectivity index (χ2v) is 6.67. The van der Waals surface area contributed by atoms with Gasteiger partial charge in [0.15, 0.2) is 0 Å². The summed E-state index contributed by atoms with van der Waals surface area (Å²) in [6.07, 6.45) is 8.06. The van der Waals surface area contributed by atoms with Gasteiger partial charge in [-0.2, -0.15) is 0 Å². The van der Waals surface area contributed by atoms with Crippen LogP contribution in [0.5, 0.6) is 0 Å². The molecular weight excluding hydrogens is 263 g/mol. The first-order valence-electron chi connectivity index (χ1n) is 8.51. The third-order valence-electron chi connectivity index (χ3n) is 5.10. The Balaban J connectivity index is 1.67. The van der Waals surface area contributed by atoms with Gasteiger partial charge in [0.1, 0.15) is 5.82 Å². The molecule has 1 aliphatic carbocycles. The summed E-state index contributed by atoms with van der Waals surface area (Å²) in [5.41, 5.74) is 0.847. The van der Waals surface area contributed by atoms with Gasteiger partial charge >= 0.3 is 0 Å². The van der Waals surface area contributed by atoms with Crippen LogP contribution in [0.15, 0.2) is 24.3 Å². The number of hydrogen-bond donors (Lipinski definition) is 1. The van der Waals surface area contributed by atoms with Crippen molar-refractivity contribution in [2.75, 3.05) is 19.6 Å². The van der Waals surface area contributed by atoms with E-state index >= 15 is 0 Å². The Hall–Kier alpha value is -0.930. The Morgan fingerprint density at radius 2 is 1.90 bits per heavy atom. The zero-order valence-electron chi connectivity index (χ0n) is 12.9. The van der Waals surface area contributed by atoms with Crippen LogP contribution in [0.25, 0.3) is 0 Å². The normalized spacial score (nSPS) is 23.8. The first-order valence-corrected chi connectivity index (χ1v) is 8.51. The monoisotopic (exact) mass is 290 g/mol. The summed E-state index contributed by atoms with van der Waals surface area (Å²) in [5.74, 6) is 0.753. The number of nitrogens with one attached hydrogen (secondary N) is 1. The quantitative estimate of drug-likeness (QED) is 0.892. The summed E-state index contributed by atoms with van der Waals surface area (Å²) in [5, 5.41) is 3.46. The van der Waals surface area contributed by atoms with Crippen molar-refractivity contribution in [3.05, 3.63) is 35.6 Å². The topological polar surface area (TPSA) is 15.3 Å². The molecule has 1 N–H and O–H groups in total. The van der Waals surface area contributed by atoms with Crippen LogP contribution >= 0.6 is 0 Å². The van der Waals surface area contributed by atoms with Gasteiger partial charge in [0.2, 0.25) is 0 Å². The largest absolute Gasteiger partial charge is 0.315 e. The predicted octanol–water partition coefficient (Wildman–Crippen LogP) is 3.57. The highest BCUT2D eigenvalue weighted by molar-refractivity contribution is 5.17. The van der Waals surface area contributed by atoms with Crippen molar-refractivity contribution in [2.24, 2.45) is 5.92 Å². The van der Waals surface area contributed by atoms with E-state index in [1.54, 1.807) is 12.1 Å². The average molecular weight is 290 g/mol. The summed E-state index contributed by atoms with van der Waals surface area (Å²) < 4.78 is 14.0. The smallest absolute Gasteiger partial charge is 0.127 e. The minimum atomic E-state index is -0.0582. The van der Waals surface area contributed by atoms with Gasteiger partial charge in [-0.3, -0.25) is 4.90 Å². The summed E-state index contributed by atoms with van der Waals surface area (Å²) in [6, 6.07) is 7.82. The first kappa shape index (κ1) is 15.0. The maximum atomic E-state index is 14.0. The van der Waals surface area contributed by atoms with Gasteiger partial charge < -0.3 is 5.32 Å². The molecule has 1 saturated heterocycles. The van der Waals surface area contributed by atoms with Gasteiger partial charge in [0, 0.05) is 31.2 Å². The lowest BCUT2D eigenvalue weighted by Crippen LogP contribution is -2.40. The van der Waals surface area contributed by atoms with Gasteiger partial charge in [-0.05, 0) is 37.8 Å². The molecule has 0 bridgehead atoms. The van der Waals surface area contributed by atoms with Crippen LogP contribution < -0.4 is 5.32 Å². The SMILES string of the molecule is Fc1ccccc1CN(CC1CCCCC1)C1CCNC1. The zero-order chi connectivity index (χ0) is 14.5. The molecule has 1 unspecified atom stereocenters. The van der Waals surface area contributed by atoms with E-state index in [0.717, 1.165) is 37.7 Å². The molecule has 1 aromatic rings. The second kappa shape index (κ2) is 7.37. The first-order chi connectivity index (χ1) is 10.3. The van der Waals surface area contributed by atoms with Crippen LogP contribution in [0, 0.1) is 11.7 Å². The molecular formula is C18H27FN2. The molecule has 2 fully saturated rings. The Morgan fingerprint density at radius 1 is 1.10 bits per heavy atom. The fourth-order valence-electron chi connectivity index (χ4n) is 3.84. The molecule has 0 radical (unpaired) electrons.